The summed E-state index contributed by atoms with van der Waals surface area (Å²) in [6.45, 7) is 6.44. The molecule has 0 spiro atoms. The normalized spacial score (nSPS) is 13.1. The van der Waals surface area contributed by atoms with Crippen molar-refractivity contribution in [2.45, 2.75) is 33.0 Å². The van der Waals surface area contributed by atoms with Gasteiger partial charge in [0.2, 0.25) is 0 Å². The van der Waals surface area contributed by atoms with E-state index in [1.165, 1.54) is 5.69 Å². The molecule has 2 heterocycles. The molecule has 2 aromatic heterocycles. The maximum absolute atomic E-state index is 5.95. The van der Waals surface area contributed by atoms with Crippen LogP contribution in [0.2, 0.25) is 0 Å². The third kappa shape index (κ3) is 3.20. The first kappa shape index (κ1) is 14.2. The van der Waals surface area contributed by atoms with Gasteiger partial charge in [0.15, 0.2) is 0 Å². The number of rotatable bonds is 6. The van der Waals surface area contributed by atoms with Crippen molar-refractivity contribution in [1.29, 1.82) is 0 Å². The van der Waals surface area contributed by atoms with E-state index in [0.717, 1.165) is 23.8 Å². The molecule has 0 saturated heterocycles. The molecule has 2 rings (SSSR count). The van der Waals surface area contributed by atoms with Crippen LogP contribution < -0.4 is 5.73 Å². The highest BCUT2D eigenvalue weighted by Crippen LogP contribution is 2.20. The predicted molar refractivity (Wildman–Crippen MR) is 78.0 cm³/mol. The lowest BCUT2D eigenvalue weighted by Crippen LogP contribution is -2.31. The Morgan fingerprint density at radius 3 is 2.89 bits per heavy atom. The Kier molecular flexibility index (Phi) is 4.68. The Morgan fingerprint density at radius 2 is 2.32 bits per heavy atom. The van der Waals surface area contributed by atoms with Gasteiger partial charge in [0, 0.05) is 31.2 Å². The number of nitrogens with two attached hydrogens (primary N) is 1. The second-order valence-corrected chi connectivity index (χ2v) is 5.69. The van der Waals surface area contributed by atoms with Gasteiger partial charge in [-0.25, -0.2) is 9.97 Å². The third-order valence-electron chi connectivity index (χ3n) is 3.26. The molecule has 0 aliphatic carbocycles. The van der Waals surface area contributed by atoms with E-state index in [1.807, 2.05) is 19.4 Å². The summed E-state index contributed by atoms with van der Waals surface area (Å²) in [5.74, 6) is 0. The van der Waals surface area contributed by atoms with Crippen LogP contribution in [0.3, 0.4) is 0 Å². The van der Waals surface area contributed by atoms with E-state index < -0.39 is 0 Å². The highest BCUT2D eigenvalue weighted by Gasteiger charge is 2.19. The molecule has 0 fully saturated rings. The van der Waals surface area contributed by atoms with Gasteiger partial charge in [-0.15, -0.1) is 11.3 Å². The number of aryl methyl sites for hydroxylation is 2. The summed E-state index contributed by atoms with van der Waals surface area (Å²) in [4.78, 5) is 11.0. The highest BCUT2D eigenvalue weighted by molar-refractivity contribution is 7.09. The molecule has 0 radical (unpaired) electrons. The van der Waals surface area contributed by atoms with Crippen molar-refractivity contribution in [3.63, 3.8) is 0 Å². The second kappa shape index (κ2) is 6.27. The fourth-order valence-electron chi connectivity index (χ4n) is 2.25. The lowest BCUT2D eigenvalue weighted by Gasteiger charge is -2.26. The van der Waals surface area contributed by atoms with Crippen molar-refractivity contribution < 1.29 is 0 Å². The number of imidazole rings is 1. The fraction of sp³-hybridized carbons (Fsp3) is 0.538. The summed E-state index contributed by atoms with van der Waals surface area (Å²) in [5, 5.41) is 3.21. The minimum Gasteiger partial charge on any atom is -0.333 e. The van der Waals surface area contributed by atoms with Gasteiger partial charge in [0.25, 0.3) is 0 Å². The molecule has 0 aliphatic heterocycles. The van der Waals surface area contributed by atoms with Crippen LogP contribution in [0.25, 0.3) is 0 Å². The zero-order valence-electron chi connectivity index (χ0n) is 11.7. The summed E-state index contributed by atoms with van der Waals surface area (Å²) in [7, 11) is 2.08. The quantitative estimate of drug-likeness (QED) is 0.876. The summed E-state index contributed by atoms with van der Waals surface area (Å²) >= 11 is 1.68. The van der Waals surface area contributed by atoms with Crippen LogP contribution in [0.15, 0.2) is 17.9 Å². The molecule has 0 bridgehead atoms. The van der Waals surface area contributed by atoms with E-state index in [2.05, 4.69) is 38.8 Å². The Bertz CT molecular complexity index is 519. The van der Waals surface area contributed by atoms with E-state index in [0.29, 0.717) is 6.54 Å². The first-order valence-corrected chi connectivity index (χ1v) is 7.35. The van der Waals surface area contributed by atoms with Gasteiger partial charge in [-0.1, -0.05) is 0 Å². The monoisotopic (exact) mass is 279 g/mol. The molecule has 1 unspecified atom stereocenters. The van der Waals surface area contributed by atoms with Crippen molar-refractivity contribution in [3.8, 4) is 0 Å². The number of thiazole rings is 1. The molecule has 6 heteroatoms. The van der Waals surface area contributed by atoms with E-state index >= 15 is 0 Å². The van der Waals surface area contributed by atoms with Gasteiger partial charge in [-0.2, -0.15) is 0 Å². The van der Waals surface area contributed by atoms with Crippen molar-refractivity contribution >= 4 is 11.3 Å². The van der Waals surface area contributed by atoms with Crippen molar-refractivity contribution in [2.75, 3.05) is 13.6 Å². The van der Waals surface area contributed by atoms with Gasteiger partial charge >= 0.3 is 0 Å². The molecule has 0 saturated carbocycles. The van der Waals surface area contributed by atoms with Crippen LogP contribution in [-0.4, -0.2) is 33.0 Å². The van der Waals surface area contributed by atoms with E-state index in [1.54, 1.807) is 11.3 Å². The summed E-state index contributed by atoms with van der Waals surface area (Å²) in [6, 6.07) is 0.171. The summed E-state index contributed by atoms with van der Waals surface area (Å²) in [5.41, 5.74) is 8.22. The van der Waals surface area contributed by atoms with E-state index in [9.17, 15) is 0 Å². The average Bonchev–Trinajstić information content (AvgIpc) is 2.99. The van der Waals surface area contributed by atoms with Crippen LogP contribution in [-0.2, 0) is 13.1 Å². The molecule has 2 N–H and O–H groups in total. The average molecular weight is 279 g/mol. The Morgan fingerprint density at radius 1 is 1.53 bits per heavy atom. The molecule has 19 heavy (non-hydrogen) atoms. The SMILES string of the molecule is CCn1cncc1C(CN)N(C)Cc1csc(C)n1. The molecule has 0 aliphatic rings. The van der Waals surface area contributed by atoms with Gasteiger partial charge < -0.3 is 10.3 Å². The number of likely N-dealkylation sites (N-methyl/N-ethyl adjacent to an activating group) is 1. The zero-order chi connectivity index (χ0) is 13.8. The molecule has 1 atom stereocenters. The van der Waals surface area contributed by atoms with Crippen LogP contribution in [0.4, 0.5) is 0 Å². The maximum Gasteiger partial charge on any atom is 0.0948 e. The first-order valence-electron chi connectivity index (χ1n) is 6.47. The van der Waals surface area contributed by atoms with Gasteiger partial charge in [0.1, 0.15) is 0 Å². The number of hydrogen-bond donors (Lipinski definition) is 1. The van der Waals surface area contributed by atoms with Gasteiger partial charge in [-0.05, 0) is 20.9 Å². The van der Waals surface area contributed by atoms with Crippen molar-refractivity contribution in [1.82, 2.24) is 19.4 Å². The van der Waals surface area contributed by atoms with Crippen LogP contribution in [0.5, 0.6) is 0 Å². The second-order valence-electron chi connectivity index (χ2n) is 4.63. The molecule has 104 valence electrons. The Labute approximate surface area is 118 Å². The maximum atomic E-state index is 5.95. The lowest BCUT2D eigenvalue weighted by molar-refractivity contribution is 0.230. The molecule has 0 amide bonds. The first-order chi connectivity index (χ1) is 9.15. The minimum atomic E-state index is 0.171. The standard InChI is InChI=1S/C13H21N5S/c1-4-18-9-15-6-13(18)12(5-14)17(3)7-11-8-19-10(2)16-11/h6,8-9,12H,4-5,7,14H2,1-3H3. The topological polar surface area (TPSA) is 60.0 Å². The fourth-order valence-corrected chi connectivity index (χ4v) is 2.85. The molecule has 0 aromatic carbocycles. The van der Waals surface area contributed by atoms with Crippen LogP contribution in [0.1, 0.15) is 29.4 Å². The number of aromatic nitrogens is 3. The van der Waals surface area contributed by atoms with E-state index in [4.69, 9.17) is 5.73 Å². The van der Waals surface area contributed by atoms with E-state index in [-0.39, 0.29) is 6.04 Å². The largest absolute Gasteiger partial charge is 0.333 e. The minimum absolute atomic E-state index is 0.171. The molecular weight excluding hydrogens is 258 g/mol. The summed E-state index contributed by atoms with van der Waals surface area (Å²) < 4.78 is 2.14. The summed E-state index contributed by atoms with van der Waals surface area (Å²) in [6.07, 6.45) is 3.77. The third-order valence-corrected chi connectivity index (χ3v) is 4.08. The van der Waals surface area contributed by atoms with Crippen molar-refractivity contribution in [2.24, 2.45) is 5.73 Å². The Balaban J connectivity index is 2.13. The lowest BCUT2D eigenvalue weighted by atomic mass is 10.2. The van der Waals surface area contributed by atoms with Crippen LogP contribution in [0, 0.1) is 6.92 Å². The Hall–Kier alpha value is -1.24. The van der Waals surface area contributed by atoms with Gasteiger partial charge in [-0.3, -0.25) is 4.90 Å². The van der Waals surface area contributed by atoms with Gasteiger partial charge in [0.05, 0.1) is 28.8 Å². The zero-order valence-corrected chi connectivity index (χ0v) is 12.5. The molecular formula is C13H21N5S. The molecule has 2 aromatic rings. The smallest absolute Gasteiger partial charge is 0.0948 e. The number of hydrogen-bond acceptors (Lipinski definition) is 5. The van der Waals surface area contributed by atoms with Crippen molar-refractivity contribution in [3.05, 3.63) is 34.3 Å². The predicted octanol–water partition coefficient (Wildman–Crippen LogP) is 1.80. The highest BCUT2D eigenvalue weighted by atomic mass is 32.1. The number of nitrogens with zero attached hydrogens (tertiary/aromatic N) is 4. The molecule has 5 nitrogen and oxygen atoms in total. The van der Waals surface area contributed by atoms with Crippen LogP contribution >= 0.6 is 11.3 Å².